The molecule has 0 aromatic heterocycles. The Kier molecular flexibility index (Phi) is 3.57. The van der Waals surface area contributed by atoms with Crippen molar-refractivity contribution in [1.82, 2.24) is 0 Å². The minimum Gasteiger partial charge on any atom is -0.0614 e. The zero-order chi connectivity index (χ0) is 15.2. The summed E-state index contributed by atoms with van der Waals surface area (Å²) >= 11 is 3.66. The summed E-state index contributed by atoms with van der Waals surface area (Å²) < 4.78 is 1.27. The van der Waals surface area contributed by atoms with E-state index in [0.717, 1.165) is 6.42 Å². The Morgan fingerprint density at radius 3 is 2.52 bits per heavy atom. The molecule has 0 N–H and O–H groups in total. The Morgan fingerprint density at radius 2 is 1.81 bits per heavy atom. The van der Waals surface area contributed by atoms with Gasteiger partial charge >= 0.3 is 0 Å². The highest BCUT2D eigenvalue weighted by molar-refractivity contribution is 9.11. The summed E-state index contributed by atoms with van der Waals surface area (Å²) in [5.74, 6) is 0. The first-order valence-corrected chi connectivity index (χ1v) is 8.25. The van der Waals surface area contributed by atoms with Crippen LogP contribution in [0.4, 0.5) is 0 Å². The lowest BCUT2D eigenvalue weighted by Crippen LogP contribution is -2.10. The molecule has 0 saturated heterocycles. The van der Waals surface area contributed by atoms with Crippen LogP contribution in [0.3, 0.4) is 0 Å². The summed E-state index contributed by atoms with van der Waals surface area (Å²) in [5, 5.41) is 0. The van der Waals surface area contributed by atoms with Gasteiger partial charge in [0.25, 0.3) is 0 Å². The second kappa shape index (κ2) is 5.14. The number of allylic oxidation sites excluding steroid dienone is 1. The number of hydrogen-bond donors (Lipinski definition) is 0. The number of hydrogen-bond acceptors (Lipinski definition) is 0. The third-order valence-corrected chi connectivity index (χ3v) is 4.73. The smallest absolute Gasteiger partial charge is 0.00470 e. The van der Waals surface area contributed by atoms with Crippen molar-refractivity contribution in [3.05, 3.63) is 63.1 Å². The fourth-order valence-electron chi connectivity index (χ4n) is 3.00. The van der Waals surface area contributed by atoms with Gasteiger partial charge in [-0.3, -0.25) is 0 Å². The Bertz CT molecular complexity index is 730. The van der Waals surface area contributed by atoms with E-state index in [2.05, 4.69) is 86.1 Å². The molecule has 0 radical (unpaired) electrons. The van der Waals surface area contributed by atoms with Gasteiger partial charge in [0.1, 0.15) is 0 Å². The van der Waals surface area contributed by atoms with Crippen molar-refractivity contribution < 1.29 is 0 Å². The Labute approximate surface area is 136 Å². The van der Waals surface area contributed by atoms with Crippen LogP contribution in [-0.4, -0.2) is 0 Å². The van der Waals surface area contributed by atoms with Gasteiger partial charge in [0.15, 0.2) is 0 Å². The highest BCUT2D eigenvalue weighted by atomic mass is 79.9. The van der Waals surface area contributed by atoms with E-state index in [9.17, 15) is 0 Å². The summed E-state index contributed by atoms with van der Waals surface area (Å²) in [4.78, 5) is 0. The van der Waals surface area contributed by atoms with Gasteiger partial charge in [0, 0.05) is 10.9 Å². The van der Waals surface area contributed by atoms with Crippen LogP contribution in [0.25, 0.3) is 17.2 Å². The van der Waals surface area contributed by atoms with Crippen molar-refractivity contribution in [1.29, 1.82) is 0 Å². The average molecular weight is 341 g/mol. The highest BCUT2D eigenvalue weighted by Crippen LogP contribution is 2.39. The predicted octanol–water partition coefficient (Wildman–Crippen LogP) is 6.25. The zero-order valence-corrected chi connectivity index (χ0v) is 14.7. The molecule has 0 bridgehead atoms. The van der Waals surface area contributed by atoms with Gasteiger partial charge in [-0.2, -0.15) is 0 Å². The third kappa shape index (κ3) is 2.72. The predicted molar refractivity (Wildman–Crippen MR) is 95.9 cm³/mol. The van der Waals surface area contributed by atoms with Gasteiger partial charge in [0.2, 0.25) is 0 Å². The van der Waals surface area contributed by atoms with E-state index in [1.54, 1.807) is 0 Å². The fraction of sp³-hybridized carbons (Fsp3) is 0.300. The molecule has 0 fully saturated rings. The second-order valence-electron chi connectivity index (χ2n) is 6.93. The van der Waals surface area contributed by atoms with Gasteiger partial charge in [-0.05, 0) is 51.8 Å². The van der Waals surface area contributed by atoms with Crippen LogP contribution < -0.4 is 0 Å². The molecular weight excluding hydrogens is 320 g/mol. The normalized spacial score (nSPS) is 14.0. The van der Waals surface area contributed by atoms with Crippen LogP contribution in [0.15, 0.2) is 40.9 Å². The van der Waals surface area contributed by atoms with Crippen molar-refractivity contribution in [2.75, 3.05) is 0 Å². The number of aryl methyl sites for hydroxylation is 1. The lowest BCUT2D eigenvalue weighted by molar-refractivity contribution is 0.590. The quantitative estimate of drug-likeness (QED) is 0.575. The first-order chi connectivity index (χ1) is 9.86. The molecular formula is C20H21Br. The van der Waals surface area contributed by atoms with E-state index in [1.165, 1.54) is 37.9 Å². The van der Waals surface area contributed by atoms with E-state index < -0.39 is 0 Å². The maximum absolute atomic E-state index is 3.66. The first-order valence-electron chi connectivity index (χ1n) is 7.46. The van der Waals surface area contributed by atoms with Crippen molar-refractivity contribution in [2.45, 2.75) is 39.5 Å². The van der Waals surface area contributed by atoms with E-state index in [0.29, 0.717) is 0 Å². The van der Waals surface area contributed by atoms with Crippen molar-refractivity contribution in [3.63, 3.8) is 0 Å². The monoisotopic (exact) mass is 340 g/mol. The SMILES string of the molecule is Cc1ccc2c(c1-c1cccc(C(C)(C)C)c1)C=C(Br)C2. The fourth-order valence-corrected chi connectivity index (χ4v) is 3.54. The molecule has 2 aromatic rings. The summed E-state index contributed by atoms with van der Waals surface area (Å²) in [6.07, 6.45) is 3.29. The van der Waals surface area contributed by atoms with E-state index in [1.807, 2.05) is 0 Å². The first kappa shape index (κ1) is 14.6. The maximum Gasteiger partial charge on any atom is 0.00470 e. The Morgan fingerprint density at radius 1 is 1.05 bits per heavy atom. The van der Waals surface area contributed by atoms with Gasteiger partial charge in [-0.15, -0.1) is 0 Å². The number of halogens is 1. The minimum absolute atomic E-state index is 0.179. The highest BCUT2D eigenvalue weighted by Gasteiger charge is 2.19. The number of fused-ring (bicyclic) bond motifs is 1. The molecule has 108 valence electrons. The van der Waals surface area contributed by atoms with Gasteiger partial charge in [-0.1, -0.05) is 73.1 Å². The molecule has 0 saturated carbocycles. The van der Waals surface area contributed by atoms with E-state index >= 15 is 0 Å². The lowest BCUT2D eigenvalue weighted by atomic mass is 9.84. The molecule has 0 atom stereocenters. The zero-order valence-electron chi connectivity index (χ0n) is 13.1. The number of rotatable bonds is 1. The second-order valence-corrected chi connectivity index (χ2v) is 7.95. The molecule has 1 aliphatic rings. The topological polar surface area (TPSA) is 0 Å². The molecule has 0 unspecified atom stereocenters. The maximum atomic E-state index is 3.66. The third-order valence-electron chi connectivity index (χ3n) is 4.22. The number of benzene rings is 2. The van der Waals surface area contributed by atoms with Gasteiger partial charge in [-0.25, -0.2) is 0 Å². The van der Waals surface area contributed by atoms with Crippen LogP contribution >= 0.6 is 15.9 Å². The summed E-state index contributed by atoms with van der Waals surface area (Å²) in [6, 6.07) is 13.5. The average Bonchev–Trinajstić information content (AvgIpc) is 2.78. The molecule has 1 heteroatoms. The Hall–Kier alpha value is -1.34. The van der Waals surface area contributed by atoms with Crippen LogP contribution in [-0.2, 0) is 11.8 Å². The molecule has 0 nitrogen and oxygen atoms in total. The van der Waals surface area contributed by atoms with E-state index in [4.69, 9.17) is 0 Å². The lowest BCUT2D eigenvalue weighted by Gasteiger charge is -2.21. The van der Waals surface area contributed by atoms with Crippen molar-refractivity contribution in [3.8, 4) is 11.1 Å². The molecule has 3 rings (SSSR count). The van der Waals surface area contributed by atoms with Crippen LogP contribution in [0.2, 0.25) is 0 Å². The standard InChI is InChI=1S/C20H21Br/c1-13-8-9-14-11-17(21)12-18(14)19(13)15-6-5-7-16(10-15)20(2,3)4/h5-10,12H,11H2,1-4H3. The summed E-state index contributed by atoms with van der Waals surface area (Å²) in [7, 11) is 0. The van der Waals surface area contributed by atoms with Crippen molar-refractivity contribution in [2.24, 2.45) is 0 Å². The molecule has 1 aliphatic carbocycles. The van der Waals surface area contributed by atoms with Crippen LogP contribution in [0, 0.1) is 6.92 Å². The molecule has 0 heterocycles. The molecule has 0 spiro atoms. The van der Waals surface area contributed by atoms with Gasteiger partial charge < -0.3 is 0 Å². The molecule has 0 aliphatic heterocycles. The summed E-state index contributed by atoms with van der Waals surface area (Å²) in [5.41, 5.74) is 8.43. The largest absolute Gasteiger partial charge is 0.0614 e. The summed E-state index contributed by atoms with van der Waals surface area (Å²) in [6.45, 7) is 9.01. The molecule has 2 aromatic carbocycles. The van der Waals surface area contributed by atoms with Crippen LogP contribution in [0.5, 0.6) is 0 Å². The molecule has 0 amide bonds. The van der Waals surface area contributed by atoms with Gasteiger partial charge in [0.05, 0.1) is 0 Å². The van der Waals surface area contributed by atoms with Crippen LogP contribution in [0.1, 0.15) is 43.0 Å². The Balaban J connectivity index is 2.21. The minimum atomic E-state index is 0.179. The van der Waals surface area contributed by atoms with Crippen molar-refractivity contribution >= 4 is 22.0 Å². The molecule has 21 heavy (non-hydrogen) atoms. The van der Waals surface area contributed by atoms with E-state index in [-0.39, 0.29) is 5.41 Å².